The molecule has 0 saturated heterocycles. The molecule has 0 unspecified atom stereocenters. The monoisotopic (exact) mass is 376 g/mol. The largest absolute Gasteiger partial charge is 0.483 e. The molecule has 0 heterocycles. The zero-order valence-electron chi connectivity index (χ0n) is 15.0. The summed E-state index contributed by atoms with van der Waals surface area (Å²) < 4.78 is 5.70. The Labute approximate surface area is 163 Å². The van der Waals surface area contributed by atoms with Gasteiger partial charge in [0.1, 0.15) is 5.75 Å². The SMILES string of the molecule is CSc1ccc(/C=N\NC(=O)COc2ccccc2-c2ccccc2)cc1. The third kappa shape index (κ3) is 5.46. The van der Waals surface area contributed by atoms with Gasteiger partial charge in [0.25, 0.3) is 5.91 Å². The van der Waals surface area contributed by atoms with Crippen molar-refractivity contribution >= 4 is 23.9 Å². The lowest BCUT2D eigenvalue weighted by Gasteiger charge is -2.10. The van der Waals surface area contributed by atoms with Crippen molar-refractivity contribution in [3.63, 3.8) is 0 Å². The summed E-state index contributed by atoms with van der Waals surface area (Å²) in [7, 11) is 0. The summed E-state index contributed by atoms with van der Waals surface area (Å²) in [6, 6.07) is 25.5. The van der Waals surface area contributed by atoms with Crippen LogP contribution in [0.4, 0.5) is 0 Å². The van der Waals surface area contributed by atoms with Crippen molar-refractivity contribution in [2.24, 2.45) is 5.10 Å². The van der Waals surface area contributed by atoms with Crippen molar-refractivity contribution in [1.82, 2.24) is 5.43 Å². The maximum absolute atomic E-state index is 12.0. The molecule has 0 saturated carbocycles. The predicted octanol–water partition coefficient (Wildman–Crippen LogP) is 4.60. The molecular weight excluding hydrogens is 356 g/mol. The first-order valence-electron chi connectivity index (χ1n) is 8.49. The van der Waals surface area contributed by atoms with E-state index in [-0.39, 0.29) is 12.5 Å². The minimum Gasteiger partial charge on any atom is -0.483 e. The normalized spacial score (nSPS) is 10.7. The van der Waals surface area contributed by atoms with Crippen molar-refractivity contribution in [1.29, 1.82) is 0 Å². The maximum Gasteiger partial charge on any atom is 0.277 e. The van der Waals surface area contributed by atoms with Crippen LogP contribution in [0, 0.1) is 0 Å². The highest BCUT2D eigenvalue weighted by atomic mass is 32.2. The average molecular weight is 376 g/mol. The molecule has 3 rings (SSSR count). The van der Waals surface area contributed by atoms with Crippen LogP contribution < -0.4 is 10.2 Å². The first-order chi connectivity index (χ1) is 13.3. The number of amides is 1. The Hall–Kier alpha value is -3.05. The van der Waals surface area contributed by atoms with Crippen molar-refractivity contribution in [3.8, 4) is 16.9 Å². The second-order valence-electron chi connectivity index (χ2n) is 5.72. The van der Waals surface area contributed by atoms with Gasteiger partial charge in [0.05, 0.1) is 6.21 Å². The van der Waals surface area contributed by atoms with E-state index in [0.717, 1.165) is 16.7 Å². The standard InChI is InChI=1S/C22H20N2O2S/c1-27-19-13-11-17(12-14-19)15-23-24-22(25)16-26-21-10-6-5-9-20(21)18-7-3-2-4-8-18/h2-15H,16H2,1H3,(H,24,25)/b23-15-. The van der Waals surface area contributed by atoms with E-state index in [1.807, 2.05) is 85.1 Å². The third-order valence-corrected chi connectivity index (χ3v) is 4.59. The number of thioether (sulfide) groups is 1. The lowest BCUT2D eigenvalue weighted by Crippen LogP contribution is -2.24. The molecule has 4 nitrogen and oxygen atoms in total. The fraction of sp³-hybridized carbons (Fsp3) is 0.0909. The van der Waals surface area contributed by atoms with E-state index in [2.05, 4.69) is 10.5 Å². The molecule has 27 heavy (non-hydrogen) atoms. The van der Waals surface area contributed by atoms with Crippen molar-refractivity contribution in [2.45, 2.75) is 4.90 Å². The van der Waals surface area contributed by atoms with E-state index in [1.54, 1.807) is 18.0 Å². The van der Waals surface area contributed by atoms with Crippen LogP contribution in [0.1, 0.15) is 5.56 Å². The summed E-state index contributed by atoms with van der Waals surface area (Å²) in [5.41, 5.74) is 5.40. The average Bonchev–Trinajstić information content (AvgIpc) is 2.73. The number of ether oxygens (including phenoxy) is 1. The second-order valence-corrected chi connectivity index (χ2v) is 6.60. The Morgan fingerprint density at radius 2 is 1.70 bits per heavy atom. The van der Waals surface area contributed by atoms with Gasteiger partial charge in [0, 0.05) is 10.5 Å². The lowest BCUT2D eigenvalue weighted by molar-refractivity contribution is -0.123. The Balaban J connectivity index is 1.56. The molecule has 0 aliphatic heterocycles. The summed E-state index contributed by atoms with van der Waals surface area (Å²) >= 11 is 1.68. The van der Waals surface area contributed by atoms with E-state index in [0.29, 0.717) is 5.75 Å². The zero-order valence-corrected chi connectivity index (χ0v) is 15.8. The van der Waals surface area contributed by atoms with Gasteiger partial charge in [-0.25, -0.2) is 5.43 Å². The highest BCUT2D eigenvalue weighted by Crippen LogP contribution is 2.29. The topological polar surface area (TPSA) is 50.7 Å². The molecule has 0 bridgehead atoms. The minimum absolute atomic E-state index is 0.105. The molecule has 0 radical (unpaired) electrons. The molecule has 0 aliphatic rings. The Kier molecular flexibility index (Phi) is 6.66. The molecule has 0 atom stereocenters. The van der Waals surface area contributed by atoms with Crippen LogP contribution >= 0.6 is 11.8 Å². The highest BCUT2D eigenvalue weighted by Gasteiger charge is 2.07. The number of carbonyl (C=O) groups is 1. The lowest BCUT2D eigenvalue weighted by atomic mass is 10.1. The molecular formula is C22H20N2O2S. The number of nitrogens with one attached hydrogen (secondary N) is 1. The smallest absolute Gasteiger partial charge is 0.277 e. The molecule has 3 aromatic rings. The van der Waals surface area contributed by atoms with E-state index in [9.17, 15) is 4.79 Å². The summed E-state index contributed by atoms with van der Waals surface area (Å²) in [5, 5.41) is 3.98. The van der Waals surface area contributed by atoms with Crippen LogP contribution in [0.5, 0.6) is 5.75 Å². The van der Waals surface area contributed by atoms with Crippen LogP contribution in [0.25, 0.3) is 11.1 Å². The number of para-hydroxylation sites is 1. The van der Waals surface area contributed by atoms with Gasteiger partial charge < -0.3 is 4.74 Å². The number of hydrogen-bond donors (Lipinski definition) is 1. The summed E-state index contributed by atoms with van der Waals surface area (Å²) in [6.45, 7) is -0.105. The van der Waals surface area contributed by atoms with Crippen molar-refractivity contribution in [3.05, 3.63) is 84.4 Å². The first kappa shape index (κ1) is 18.7. The van der Waals surface area contributed by atoms with Gasteiger partial charge in [-0.2, -0.15) is 5.10 Å². The number of carbonyl (C=O) groups excluding carboxylic acids is 1. The summed E-state index contributed by atoms with van der Waals surface area (Å²) in [6.07, 6.45) is 3.64. The van der Waals surface area contributed by atoms with Gasteiger partial charge in [-0.1, -0.05) is 60.7 Å². The van der Waals surface area contributed by atoms with E-state index < -0.39 is 0 Å². The quantitative estimate of drug-likeness (QED) is 0.372. The van der Waals surface area contributed by atoms with Gasteiger partial charge >= 0.3 is 0 Å². The van der Waals surface area contributed by atoms with Crippen molar-refractivity contribution < 1.29 is 9.53 Å². The molecule has 0 spiro atoms. The van der Waals surface area contributed by atoms with Crippen LogP contribution in [-0.2, 0) is 4.79 Å². The third-order valence-electron chi connectivity index (χ3n) is 3.85. The van der Waals surface area contributed by atoms with Crippen LogP contribution in [0.15, 0.2) is 88.9 Å². The Bertz CT molecular complexity index is 909. The Morgan fingerprint density at radius 3 is 2.44 bits per heavy atom. The van der Waals surface area contributed by atoms with Crippen LogP contribution in [0.2, 0.25) is 0 Å². The molecule has 0 aromatic heterocycles. The zero-order chi connectivity index (χ0) is 18.9. The molecule has 3 aromatic carbocycles. The second kappa shape index (κ2) is 9.59. The predicted molar refractivity (Wildman–Crippen MR) is 111 cm³/mol. The van der Waals surface area contributed by atoms with Crippen LogP contribution in [-0.4, -0.2) is 25.0 Å². The fourth-order valence-corrected chi connectivity index (χ4v) is 2.90. The number of benzene rings is 3. The summed E-state index contributed by atoms with van der Waals surface area (Å²) in [4.78, 5) is 13.2. The molecule has 0 fully saturated rings. The van der Waals surface area contributed by atoms with E-state index in [1.165, 1.54) is 4.90 Å². The van der Waals surface area contributed by atoms with Gasteiger partial charge in [-0.15, -0.1) is 11.8 Å². The number of hydrogen-bond acceptors (Lipinski definition) is 4. The molecule has 136 valence electrons. The van der Waals surface area contributed by atoms with Gasteiger partial charge in [-0.05, 0) is 35.6 Å². The molecule has 5 heteroatoms. The molecule has 0 aliphatic carbocycles. The van der Waals surface area contributed by atoms with Gasteiger partial charge in [0.2, 0.25) is 0 Å². The fourth-order valence-electron chi connectivity index (χ4n) is 2.49. The number of rotatable bonds is 7. The number of nitrogens with zero attached hydrogens (tertiary/aromatic N) is 1. The minimum atomic E-state index is -0.310. The van der Waals surface area contributed by atoms with E-state index >= 15 is 0 Å². The van der Waals surface area contributed by atoms with E-state index in [4.69, 9.17) is 4.74 Å². The first-order valence-corrected chi connectivity index (χ1v) is 9.72. The molecule has 1 amide bonds. The van der Waals surface area contributed by atoms with Gasteiger partial charge in [-0.3, -0.25) is 4.79 Å². The number of hydrazone groups is 1. The summed E-state index contributed by atoms with van der Waals surface area (Å²) in [5.74, 6) is 0.352. The maximum atomic E-state index is 12.0. The highest BCUT2D eigenvalue weighted by molar-refractivity contribution is 7.98. The van der Waals surface area contributed by atoms with Crippen molar-refractivity contribution in [2.75, 3.05) is 12.9 Å². The van der Waals surface area contributed by atoms with Crippen LogP contribution in [0.3, 0.4) is 0 Å². The van der Waals surface area contributed by atoms with Gasteiger partial charge in [0.15, 0.2) is 6.61 Å². The Morgan fingerprint density at radius 1 is 1.00 bits per heavy atom. The molecule has 1 N–H and O–H groups in total.